The standard InChI is InChI=1S/C13H18N2O2/c1-3-4-12(16)15-9-10-5-7-11(8-6-10)13(17)14-2/h5-8H,3-4,9H2,1-2H3,(H,14,17)(H,15,16). The van der Waals surface area contributed by atoms with E-state index in [1.165, 1.54) is 0 Å². The molecule has 17 heavy (non-hydrogen) atoms. The van der Waals surface area contributed by atoms with Crippen LogP contribution >= 0.6 is 0 Å². The molecule has 0 atom stereocenters. The molecule has 0 radical (unpaired) electrons. The van der Waals surface area contributed by atoms with Crippen molar-refractivity contribution in [2.45, 2.75) is 26.3 Å². The largest absolute Gasteiger partial charge is 0.355 e. The molecule has 0 fully saturated rings. The van der Waals surface area contributed by atoms with Crippen LogP contribution in [0.4, 0.5) is 0 Å². The molecule has 2 N–H and O–H groups in total. The van der Waals surface area contributed by atoms with E-state index in [1.54, 1.807) is 19.2 Å². The van der Waals surface area contributed by atoms with Crippen molar-refractivity contribution < 1.29 is 9.59 Å². The monoisotopic (exact) mass is 234 g/mol. The number of carbonyl (C=O) groups excluding carboxylic acids is 2. The van der Waals surface area contributed by atoms with Crippen molar-refractivity contribution >= 4 is 11.8 Å². The van der Waals surface area contributed by atoms with Gasteiger partial charge in [-0.05, 0) is 24.1 Å². The molecule has 0 bridgehead atoms. The summed E-state index contributed by atoms with van der Waals surface area (Å²) in [5, 5.41) is 5.38. The van der Waals surface area contributed by atoms with Gasteiger partial charge in [0.2, 0.25) is 5.91 Å². The molecule has 0 aliphatic carbocycles. The normalized spacial score (nSPS) is 9.76. The second kappa shape index (κ2) is 6.68. The van der Waals surface area contributed by atoms with Crippen molar-refractivity contribution in [1.82, 2.24) is 10.6 Å². The fourth-order valence-electron chi connectivity index (χ4n) is 1.43. The third kappa shape index (κ3) is 4.26. The van der Waals surface area contributed by atoms with Gasteiger partial charge < -0.3 is 10.6 Å². The molecule has 0 aromatic heterocycles. The second-order valence-corrected chi connectivity index (χ2v) is 3.80. The first-order valence-corrected chi connectivity index (χ1v) is 5.75. The fourth-order valence-corrected chi connectivity index (χ4v) is 1.43. The molecule has 0 heterocycles. The Balaban J connectivity index is 2.51. The van der Waals surface area contributed by atoms with Crippen LogP contribution in [0.25, 0.3) is 0 Å². The number of carbonyl (C=O) groups is 2. The van der Waals surface area contributed by atoms with Crippen LogP contribution in [-0.2, 0) is 11.3 Å². The van der Waals surface area contributed by atoms with Gasteiger partial charge in [-0.15, -0.1) is 0 Å². The van der Waals surface area contributed by atoms with E-state index in [0.717, 1.165) is 12.0 Å². The van der Waals surface area contributed by atoms with Crippen molar-refractivity contribution in [2.75, 3.05) is 7.05 Å². The smallest absolute Gasteiger partial charge is 0.251 e. The second-order valence-electron chi connectivity index (χ2n) is 3.80. The van der Waals surface area contributed by atoms with Crippen LogP contribution in [0.3, 0.4) is 0 Å². The highest BCUT2D eigenvalue weighted by Gasteiger charge is 2.03. The van der Waals surface area contributed by atoms with Gasteiger partial charge >= 0.3 is 0 Å². The summed E-state index contributed by atoms with van der Waals surface area (Å²) >= 11 is 0. The molecule has 0 saturated heterocycles. The van der Waals surface area contributed by atoms with Crippen molar-refractivity contribution in [2.24, 2.45) is 0 Å². The molecule has 0 aliphatic heterocycles. The molecule has 92 valence electrons. The van der Waals surface area contributed by atoms with Crippen LogP contribution < -0.4 is 10.6 Å². The van der Waals surface area contributed by atoms with Gasteiger partial charge in [-0.3, -0.25) is 9.59 Å². The zero-order chi connectivity index (χ0) is 12.7. The Morgan fingerprint density at radius 1 is 1.18 bits per heavy atom. The van der Waals surface area contributed by atoms with Crippen molar-refractivity contribution in [3.63, 3.8) is 0 Å². The van der Waals surface area contributed by atoms with Crippen LogP contribution in [0.2, 0.25) is 0 Å². The Morgan fingerprint density at radius 2 is 1.82 bits per heavy atom. The molecule has 1 rings (SSSR count). The third-order valence-corrected chi connectivity index (χ3v) is 2.41. The number of hydrogen-bond acceptors (Lipinski definition) is 2. The van der Waals surface area contributed by atoms with Crippen molar-refractivity contribution in [3.8, 4) is 0 Å². The maximum Gasteiger partial charge on any atom is 0.251 e. The molecule has 2 amide bonds. The Kier molecular flexibility index (Phi) is 5.20. The molecule has 0 aliphatic rings. The first-order chi connectivity index (χ1) is 8.17. The Labute approximate surface area is 101 Å². The van der Waals surface area contributed by atoms with Gasteiger partial charge in [-0.2, -0.15) is 0 Å². The highest BCUT2D eigenvalue weighted by molar-refractivity contribution is 5.93. The number of hydrogen-bond donors (Lipinski definition) is 2. The summed E-state index contributed by atoms with van der Waals surface area (Å²) in [7, 11) is 1.60. The minimum atomic E-state index is -0.105. The predicted molar refractivity (Wildman–Crippen MR) is 66.6 cm³/mol. The van der Waals surface area contributed by atoms with E-state index in [4.69, 9.17) is 0 Å². The molecule has 1 aromatic rings. The highest BCUT2D eigenvalue weighted by Crippen LogP contribution is 2.04. The Hall–Kier alpha value is -1.84. The topological polar surface area (TPSA) is 58.2 Å². The van der Waals surface area contributed by atoms with Crippen LogP contribution in [0.5, 0.6) is 0 Å². The molecule has 0 unspecified atom stereocenters. The minimum absolute atomic E-state index is 0.0582. The summed E-state index contributed by atoms with van der Waals surface area (Å²) in [6.45, 7) is 2.48. The third-order valence-electron chi connectivity index (χ3n) is 2.41. The number of rotatable bonds is 5. The molecule has 0 saturated carbocycles. The Bertz CT molecular complexity index is 385. The fraction of sp³-hybridized carbons (Fsp3) is 0.385. The zero-order valence-corrected chi connectivity index (χ0v) is 10.2. The SMILES string of the molecule is CCCC(=O)NCc1ccc(C(=O)NC)cc1. The lowest BCUT2D eigenvalue weighted by molar-refractivity contribution is -0.121. The summed E-state index contributed by atoms with van der Waals surface area (Å²) in [6.07, 6.45) is 1.40. The molecule has 0 spiro atoms. The van der Waals surface area contributed by atoms with E-state index in [1.807, 2.05) is 19.1 Å². The summed E-state index contributed by atoms with van der Waals surface area (Å²) in [5.41, 5.74) is 1.61. The summed E-state index contributed by atoms with van der Waals surface area (Å²) in [4.78, 5) is 22.6. The quantitative estimate of drug-likeness (QED) is 0.810. The molecular weight excluding hydrogens is 216 g/mol. The maximum atomic E-state index is 11.3. The lowest BCUT2D eigenvalue weighted by Crippen LogP contribution is -2.22. The molecule has 4 heteroatoms. The zero-order valence-electron chi connectivity index (χ0n) is 10.2. The minimum Gasteiger partial charge on any atom is -0.355 e. The van der Waals surface area contributed by atoms with E-state index in [9.17, 15) is 9.59 Å². The van der Waals surface area contributed by atoms with Gasteiger partial charge in [0.15, 0.2) is 0 Å². The number of nitrogens with one attached hydrogen (secondary N) is 2. The number of amides is 2. The summed E-state index contributed by atoms with van der Waals surface area (Å²) in [5.74, 6) is -0.0468. The van der Waals surface area contributed by atoms with Gasteiger partial charge in [0, 0.05) is 25.6 Å². The first kappa shape index (κ1) is 13.2. The average Bonchev–Trinajstić information content (AvgIpc) is 2.36. The van der Waals surface area contributed by atoms with E-state index >= 15 is 0 Å². The van der Waals surface area contributed by atoms with Crippen LogP contribution in [0, 0.1) is 0 Å². The Morgan fingerprint density at radius 3 is 2.35 bits per heavy atom. The van der Waals surface area contributed by atoms with Crippen LogP contribution in [0.15, 0.2) is 24.3 Å². The highest BCUT2D eigenvalue weighted by atomic mass is 16.2. The van der Waals surface area contributed by atoms with Gasteiger partial charge in [-0.25, -0.2) is 0 Å². The van der Waals surface area contributed by atoms with E-state index in [0.29, 0.717) is 18.5 Å². The van der Waals surface area contributed by atoms with Gasteiger partial charge in [0.25, 0.3) is 5.91 Å². The maximum absolute atomic E-state index is 11.3. The molecular formula is C13H18N2O2. The van der Waals surface area contributed by atoms with E-state index < -0.39 is 0 Å². The summed E-state index contributed by atoms with van der Waals surface area (Å²) < 4.78 is 0. The van der Waals surface area contributed by atoms with Crippen molar-refractivity contribution in [1.29, 1.82) is 0 Å². The van der Waals surface area contributed by atoms with E-state index in [-0.39, 0.29) is 11.8 Å². The van der Waals surface area contributed by atoms with E-state index in [2.05, 4.69) is 10.6 Å². The van der Waals surface area contributed by atoms with Gasteiger partial charge in [0.1, 0.15) is 0 Å². The average molecular weight is 234 g/mol. The molecule has 1 aromatic carbocycles. The molecule has 4 nitrogen and oxygen atoms in total. The summed E-state index contributed by atoms with van der Waals surface area (Å²) in [6, 6.07) is 7.19. The lowest BCUT2D eigenvalue weighted by Gasteiger charge is -2.05. The van der Waals surface area contributed by atoms with Gasteiger partial charge in [-0.1, -0.05) is 19.1 Å². The van der Waals surface area contributed by atoms with Crippen LogP contribution in [0.1, 0.15) is 35.7 Å². The number of benzene rings is 1. The van der Waals surface area contributed by atoms with Crippen LogP contribution in [-0.4, -0.2) is 18.9 Å². The first-order valence-electron chi connectivity index (χ1n) is 5.75. The van der Waals surface area contributed by atoms with Gasteiger partial charge in [0.05, 0.1) is 0 Å². The predicted octanol–water partition coefficient (Wildman–Crippen LogP) is 1.46. The van der Waals surface area contributed by atoms with Crippen molar-refractivity contribution in [3.05, 3.63) is 35.4 Å². The lowest BCUT2D eigenvalue weighted by atomic mass is 10.1.